The monoisotopic (exact) mass is 252 g/mol. The van der Waals surface area contributed by atoms with Gasteiger partial charge in [-0.2, -0.15) is 0 Å². The SMILES string of the molecule is C=CC1C(CC)C(CC)CC2(CO2)C1CC.CC. The van der Waals surface area contributed by atoms with Crippen LogP contribution in [0.25, 0.3) is 0 Å². The Hall–Kier alpha value is -0.300. The van der Waals surface area contributed by atoms with Crippen LogP contribution in [0.4, 0.5) is 0 Å². The Morgan fingerprint density at radius 1 is 1.17 bits per heavy atom. The lowest BCUT2D eigenvalue weighted by Gasteiger charge is -2.45. The van der Waals surface area contributed by atoms with E-state index in [-0.39, 0.29) is 5.60 Å². The van der Waals surface area contributed by atoms with Gasteiger partial charge in [-0.1, -0.05) is 53.5 Å². The molecule has 2 rings (SSSR count). The zero-order valence-electron chi connectivity index (χ0n) is 13.0. The maximum Gasteiger partial charge on any atom is 0.0952 e. The van der Waals surface area contributed by atoms with Gasteiger partial charge in [0, 0.05) is 0 Å². The van der Waals surface area contributed by atoms with Gasteiger partial charge in [-0.15, -0.1) is 6.58 Å². The van der Waals surface area contributed by atoms with Crippen molar-refractivity contribution >= 4 is 0 Å². The van der Waals surface area contributed by atoms with E-state index in [0.29, 0.717) is 5.92 Å². The van der Waals surface area contributed by atoms with Gasteiger partial charge in [-0.05, 0) is 36.5 Å². The summed E-state index contributed by atoms with van der Waals surface area (Å²) in [5, 5.41) is 0. The first-order valence-electron chi connectivity index (χ1n) is 7.98. The summed E-state index contributed by atoms with van der Waals surface area (Å²) >= 11 is 0. The number of rotatable bonds is 4. The highest BCUT2D eigenvalue weighted by Crippen LogP contribution is 2.55. The van der Waals surface area contributed by atoms with Crippen molar-refractivity contribution in [3.63, 3.8) is 0 Å². The van der Waals surface area contributed by atoms with Crippen LogP contribution in [0.2, 0.25) is 0 Å². The number of hydrogen-bond acceptors (Lipinski definition) is 1. The molecule has 5 atom stereocenters. The molecule has 0 aromatic rings. The van der Waals surface area contributed by atoms with Crippen molar-refractivity contribution in [2.24, 2.45) is 23.7 Å². The summed E-state index contributed by atoms with van der Waals surface area (Å²) in [6.45, 7) is 16.1. The third-order valence-corrected chi connectivity index (χ3v) is 5.07. The Bertz CT molecular complexity index is 254. The fourth-order valence-corrected chi connectivity index (χ4v) is 4.17. The van der Waals surface area contributed by atoms with Gasteiger partial charge in [0.25, 0.3) is 0 Å². The van der Waals surface area contributed by atoms with Gasteiger partial charge in [-0.3, -0.25) is 0 Å². The molecule has 0 radical (unpaired) electrons. The molecule has 1 aliphatic heterocycles. The zero-order valence-corrected chi connectivity index (χ0v) is 13.0. The maximum atomic E-state index is 5.85. The molecular formula is C17H32O. The highest BCUT2D eigenvalue weighted by Gasteiger charge is 2.58. The molecule has 0 amide bonds. The molecule has 0 aromatic heterocycles. The predicted molar refractivity (Wildman–Crippen MR) is 79.7 cm³/mol. The molecule has 0 N–H and O–H groups in total. The standard InChI is InChI=1S/C15H26O.C2H6/c1-5-11-9-15(10-16-15)14(8-4)13(7-3)12(11)6-2;1-2/h7,11-14H,3,5-6,8-10H2,1-2,4H3;1-2H3. The number of allylic oxidation sites excluding steroid dienone is 1. The molecule has 1 heterocycles. The fourth-order valence-electron chi connectivity index (χ4n) is 4.17. The average molecular weight is 252 g/mol. The van der Waals surface area contributed by atoms with Crippen LogP contribution in [0.5, 0.6) is 0 Å². The van der Waals surface area contributed by atoms with Crippen LogP contribution in [0.1, 0.15) is 60.3 Å². The molecular weight excluding hydrogens is 220 g/mol. The Labute approximate surface area is 114 Å². The summed E-state index contributed by atoms with van der Waals surface area (Å²) in [7, 11) is 0. The third-order valence-electron chi connectivity index (χ3n) is 5.07. The molecule has 1 heteroatoms. The maximum absolute atomic E-state index is 5.85. The van der Waals surface area contributed by atoms with Gasteiger partial charge in [0.1, 0.15) is 0 Å². The van der Waals surface area contributed by atoms with Crippen LogP contribution in [0.15, 0.2) is 12.7 Å². The minimum absolute atomic E-state index is 0.250. The lowest BCUT2D eigenvalue weighted by molar-refractivity contribution is 0.0286. The van der Waals surface area contributed by atoms with Crippen LogP contribution in [0, 0.1) is 23.7 Å². The molecule has 1 spiro atoms. The topological polar surface area (TPSA) is 12.5 Å². The zero-order chi connectivity index (χ0) is 13.8. The van der Waals surface area contributed by atoms with E-state index in [0.717, 1.165) is 24.4 Å². The summed E-state index contributed by atoms with van der Waals surface area (Å²) in [5.74, 6) is 3.08. The second-order valence-corrected chi connectivity index (χ2v) is 5.63. The van der Waals surface area contributed by atoms with Crippen molar-refractivity contribution in [2.45, 2.75) is 65.9 Å². The van der Waals surface area contributed by atoms with Crippen molar-refractivity contribution in [3.05, 3.63) is 12.7 Å². The first kappa shape index (κ1) is 15.8. The smallest absolute Gasteiger partial charge is 0.0952 e. The molecule has 0 aromatic carbocycles. The Kier molecular flexibility index (Phi) is 5.91. The van der Waals surface area contributed by atoms with Crippen LogP contribution >= 0.6 is 0 Å². The second-order valence-electron chi connectivity index (χ2n) is 5.63. The van der Waals surface area contributed by atoms with Crippen molar-refractivity contribution in [1.82, 2.24) is 0 Å². The van der Waals surface area contributed by atoms with Crippen LogP contribution in [0.3, 0.4) is 0 Å². The molecule has 1 aliphatic carbocycles. The largest absolute Gasteiger partial charge is 0.369 e. The Balaban J connectivity index is 0.000000771. The van der Waals surface area contributed by atoms with Crippen molar-refractivity contribution in [2.75, 3.05) is 6.61 Å². The first-order valence-corrected chi connectivity index (χ1v) is 7.98. The van der Waals surface area contributed by atoms with Gasteiger partial charge in [0.2, 0.25) is 0 Å². The summed E-state index contributed by atoms with van der Waals surface area (Å²) in [5.41, 5.74) is 0.250. The molecule has 1 saturated heterocycles. The van der Waals surface area contributed by atoms with Crippen LogP contribution in [-0.4, -0.2) is 12.2 Å². The van der Waals surface area contributed by atoms with E-state index in [4.69, 9.17) is 4.74 Å². The minimum Gasteiger partial charge on any atom is -0.369 e. The third kappa shape index (κ3) is 2.66. The lowest BCUT2D eigenvalue weighted by Crippen LogP contribution is -2.44. The lowest BCUT2D eigenvalue weighted by atomic mass is 9.59. The van der Waals surface area contributed by atoms with Gasteiger partial charge in [-0.25, -0.2) is 0 Å². The fraction of sp³-hybridized carbons (Fsp3) is 0.882. The van der Waals surface area contributed by atoms with Crippen LogP contribution in [-0.2, 0) is 4.74 Å². The van der Waals surface area contributed by atoms with E-state index in [1.165, 1.54) is 25.7 Å². The van der Waals surface area contributed by atoms with E-state index in [1.54, 1.807) is 0 Å². The second kappa shape index (κ2) is 6.75. The van der Waals surface area contributed by atoms with Crippen molar-refractivity contribution < 1.29 is 4.74 Å². The highest BCUT2D eigenvalue weighted by molar-refractivity contribution is 5.10. The minimum atomic E-state index is 0.250. The number of epoxide rings is 1. The quantitative estimate of drug-likeness (QED) is 0.503. The van der Waals surface area contributed by atoms with Gasteiger partial charge in [0.15, 0.2) is 0 Å². The summed E-state index contributed by atoms with van der Waals surface area (Å²) in [4.78, 5) is 0. The molecule has 0 bridgehead atoms. The normalized spacial score (nSPS) is 42.1. The van der Waals surface area contributed by atoms with Gasteiger partial charge < -0.3 is 4.74 Å². The van der Waals surface area contributed by atoms with E-state index < -0.39 is 0 Å². The molecule has 5 unspecified atom stereocenters. The molecule has 18 heavy (non-hydrogen) atoms. The number of hydrogen-bond donors (Lipinski definition) is 0. The van der Waals surface area contributed by atoms with Crippen LogP contribution < -0.4 is 0 Å². The molecule has 1 saturated carbocycles. The molecule has 2 fully saturated rings. The molecule has 106 valence electrons. The molecule has 1 nitrogen and oxygen atoms in total. The van der Waals surface area contributed by atoms with E-state index in [9.17, 15) is 0 Å². The summed E-state index contributed by atoms with van der Waals surface area (Å²) in [6, 6.07) is 0. The van der Waals surface area contributed by atoms with E-state index in [2.05, 4.69) is 33.4 Å². The van der Waals surface area contributed by atoms with Crippen molar-refractivity contribution in [1.29, 1.82) is 0 Å². The van der Waals surface area contributed by atoms with E-state index in [1.807, 2.05) is 13.8 Å². The Morgan fingerprint density at radius 2 is 1.78 bits per heavy atom. The van der Waals surface area contributed by atoms with Gasteiger partial charge >= 0.3 is 0 Å². The van der Waals surface area contributed by atoms with Crippen molar-refractivity contribution in [3.8, 4) is 0 Å². The average Bonchev–Trinajstić information content (AvgIpc) is 3.19. The predicted octanol–water partition coefficient (Wildman–Crippen LogP) is 5.07. The first-order chi connectivity index (χ1) is 8.72. The van der Waals surface area contributed by atoms with E-state index >= 15 is 0 Å². The number of ether oxygens (including phenoxy) is 1. The summed E-state index contributed by atoms with van der Waals surface area (Å²) < 4.78 is 5.85. The molecule has 2 aliphatic rings. The van der Waals surface area contributed by atoms with Gasteiger partial charge in [0.05, 0.1) is 12.2 Å². The highest BCUT2D eigenvalue weighted by atomic mass is 16.6. The Morgan fingerprint density at radius 3 is 2.11 bits per heavy atom. The summed E-state index contributed by atoms with van der Waals surface area (Å²) in [6.07, 6.45) is 7.34.